The molecule has 0 atom stereocenters. The summed E-state index contributed by atoms with van der Waals surface area (Å²) in [7, 11) is 0. The summed E-state index contributed by atoms with van der Waals surface area (Å²) in [4.78, 5) is 2.41. The van der Waals surface area contributed by atoms with E-state index in [9.17, 15) is 0 Å². The summed E-state index contributed by atoms with van der Waals surface area (Å²) in [6.07, 6.45) is 0. The summed E-state index contributed by atoms with van der Waals surface area (Å²) in [5, 5.41) is 4.59. The van der Waals surface area contributed by atoms with Crippen molar-refractivity contribution >= 4 is 49.8 Å². The Bertz CT molecular complexity index is 3140. The lowest BCUT2D eigenvalue weighted by Crippen LogP contribution is -2.16. The van der Waals surface area contributed by atoms with Gasteiger partial charge in [0.15, 0.2) is 0 Å². The molecule has 270 valence electrons. The number of para-hydroxylation sites is 1. The lowest BCUT2D eigenvalue weighted by molar-refractivity contribution is 0.660. The van der Waals surface area contributed by atoms with Gasteiger partial charge in [-0.1, -0.05) is 172 Å². The zero-order valence-electron chi connectivity index (χ0n) is 31.9. The second-order valence-electron chi connectivity index (χ2n) is 15.7. The van der Waals surface area contributed by atoms with Gasteiger partial charge in [0.1, 0.15) is 11.2 Å². The van der Waals surface area contributed by atoms with Crippen molar-refractivity contribution in [3.8, 4) is 44.5 Å². The van der Waals surface area contributed by atoms with Gasteiger partial charge in [-0.15, -0.1) is 0 Å². The number of hydrogen-bond acceptors (Lipinski definition) is 2. The molecule has 0 unspecified atom stereocenters. The quantitative estimate of drug-likeness (QED) is 0.169. The SMILES string of the molecule is CC1(C)c2ccccc2-c2ccc(N(c3ccc4c(c3)oc3c(-c5ccc(-c6ccccc6)cc5)c5ccccc5cc34)c3ccccc3-c3ccccc3)cc21. The highest BCUT2D eigenvalue weighted by atomic mass is 16.3. The van der Waals surface area contributed by atoms with Crippen molar-refractivity contribution in [2.24, 2.45) is 0 Å². The lowest BCUT2D eigenvalue weighted by atomic mass is 9.82. The van der Waals surface area contributed by atoms with Gasteiger partial charge in [-0.2, -0.15) is 0 Å². The predicted octanol–water partition coefficient (Wildman–Crippen LogP) is 15.5. The minimum Gasteiger partial charge on any atom is -0.455 e. The highest BCUT2D eigenvalue weighted by molar-refractivity contribution is 6.18. The maximum Gasteiger partial charge on any atom is 0.143 e. The molecule has 11 rings (SSSR count). The van der Waals surface area contributed by atoms with E-state index < -0.39 is 0 Å². The summed E-state index contributed by atoms with van der Waals surface area (Å²) in [6, 6.07) is 72.4. The van der Waals surface area contributed by atoms with E-state index in [1.807, 2.05) is 0 Å². The number of nitrogens with zero attached hydrogens (tertiary/aromatic N) is 1. The number of rotatable bonds is 6. The Hall–Kier alpha value is -7.16. The number of furan rings is 1. The molecule has 1 aliphatic carbocycles. The van der Waals surface area contributed by atoms with Crippen LogP contribution in [0.4, 0.5) is 17.1 Å². The third kappa shape index (κ3) is 5.33. The lowest BCUT2D eigenvalue weighted by Gasteiger charge is -2.29. The van der Waals surface area contributed by atoms with E-state index in [-0.39, 0.29) is 5.41 Å². The molecule has 10 aromatic rings. The highest BCUT2D eigenvalue weighted by Gasteiger charge is 2.36. The molecule has 0 saturated carbocycles. The minimum absolute atomic E-state index is 0.132. The minimum atomic E-state index is -0.132. The van der Waals surface area contributed by atoms with Crippen molar-refractivity contribution in [2.75, 3.05) is 4.90 Å². The van der Waals surface area contributed by atoms with Crippen LogP contribution in [0.25, 0.3) is 77.2 Å². The van der Waals surface area contributed by atoms with Crippen LogP contribution in [-0.2, 0) is 5.41 Å². The molecule has 2 heteroatoms. The Kier molecular flexibility index (Phi) is 7.55. The number of hydrogen-bond donors (Lipinski definition) is 0. The molecule has 1 aromatic heterocycles. The topological polar surface area (TPSA) is 16.4 Å². The maximum atomic E-state index is 7.06. The van der Waals surface area contributed by atoms with Gasteiger partial charge in [0.2, 0.25) is 0 Å². The van der Waals surface area contributed by atoms with Crippen LogP contribution >= 0.6 is 0 Å². The Morgan fingerprint density at radius 3 is 1.81 bits per heavy atom. The van der Waals surface area contributed by atoms with E-state index in [0.29, 0.717) is 0 Å². The van der Waals surface area contributed by atoms with Gasteiger partial charge < -0.3 is 9.32 Å². The smallest absolute Gasteiger partial charge is 0.143 e. The monoisotopic (exact) mass is 729 g/mol. The molecule has 0 aliphatic heterocycles. The van der Waals surface area contributed by atoms with Crippen molar-refractivity contribution < 1.29 is 4.42 Å². The number of anilines is 3. The second kappa shape index (κ2) is 13.0. The van der Waals surface area contributed by atoms with E-state index in [1.54, 1.807) is 0 Å². The van der Waals surface area contributed by atoms with Crippen molar-refractivity contribution in [3.05, 3.63) is 211 Å². The molecule has 0 N–H and O–H groups in total. The van der Waals surface area contributed by atoms with Gasteiger partial charge in [-0.05, 0) is 91.7 Å². The van der Waals surface area contributed by atoms with Crippen LogP contribution in [0.15, 0.2) is 205 Å². The first-order valence-corrected chi connectivity index (χ1v) is 19.8. The molecule has 57 heavy (non-hydrogen) atoms. The van der Waals surface area contributed by atoms with E-state index in [0.717, 1.165) is 50.1 Å². The Labute approximate surface area is 332 Å². The summed E-state index contributed by atoms with van der Waals surface area (Å²) in [6.45, 7) is 4.70. The zero-order valence-corrected chi connectivity index (χ0v) is 31.9. The molecule has 1 heterocycles. The average molecular weight is 730 g/mol. The van der Waals surface area contributed by atoms with Gasteiger partial charge in [0.05, 0.1) is 5.69 Å². The van der Waals surface area contributed by atoms with Crippen LogP contribution in [0, 0.1) is 0 Å². The van der Waals surface area contributed by atoms with E-state index >= 15 is 0 Å². The van der Waals surface area contributed by atoms with E-state index in [2.05, 4.69) is 219 Å². The molecule has 0 spiro atoms. The first kappa shape index (κ1) is 33.2. The van der Waals surface area contributed by atoms with E-state index in [1.165, 1.54) is 55.3 Å². The molecule has 0 fully saturated rings. The fraction of sp³-hybridized carbons (Fsp3) is 0.0545. The average Bonchev–Trinajstić information content (AvgIpc) is 3.74. The molecule has 0 bridgehead atoms. The van der Waals surface area contributed by atoms with Gasteiger partial charge in [-0.3, -0.25) is 0 Å². The van der Waals surface area contributed by atoms with Crippen LogP contribution in [0.3, 0.4) is 0 Å². The molecule has 2 nitrogen and oxygen atoms in total. The fourth-order valence-electron chi connectivity index (χ4n) is 9.24. The summed E-state index contributed by atoms with van der Waals surface area (Å²) in [5.41, 5.74) is 17.2. The maximum absolute atomic E-state index is 7.06. The molecule has 0 amide bonds. The summed E-state index contributed by atoms with van der Waals surface area (Å²) in [5.74, 6) is 0. The van der Waals surface area contributed by atoms with Crippen LogP contribution in [0.1, 0.15) is 25.0 Å². The Balaban J connectivity index is 1.12. The van der Waals surface area contributed by atoms with Gasteiger partial charge >= 0.3 is 0 Å². The van der Waals surface area contributed by atoms with Gasteiger partial charge in [0.25, 0.3) is 0 Å². The molecule has 0 saturated heterocycles. The highest BCUT2D eigenvalue weighted by Crippen LogP contribution is 2.52. The molecule has 0 radical (unpaired) electrons. The van der Waals surface area contributed by atoms with Crippen LogP contribution in [0.2, 0.25) is 0 Å². The normalized spacial score (nSPS) is 12.9. The van der Waals surface area contributed by atoms with Gasteiger partial charge in [-0.25, -0.2) is 0 Å². The van der Waals surface area contributed by atoms with Gasteiger partial charge in [0, 0.05) is 44.8 Å². The zero-order chi connectivity index (χ0) is 38.1. The second-order valence-corrected chi connectivity index (χ2v) is 15.7. The number of fused-ring (bicyclic) bond motifs is 7. The predicted molar refractivity (Wildman–Crippen MR) is 240 cm³/mol. The van der Waals surface area contributed by atoms with Crippen molar-refractivity contribution in [3.63, 3.8) is 0 Å². The van der Waals surface area contributed by atoms with E-state index in [4.69, 9.17) is 4.42 Å². The van der Waals surface area contributed by atoms with Crippen molar-refractivity contribution in [1.82, 2.24) is 0 Å². The van der Waals surface area contributed by atoms with Crippen LogP contribution in [0.5, 0.6) is 0 Å². The summed E-state index contributed by atoms with van der Waals surface area (Å²) < 4.78 is 7.06. The fourth-order valence-corrected chi connectivity index (χ4v) is 9.24. The third-order valence-electron chi connectivity index (χ3n) is 12.1. The standard InChI is InChI=1S/C55H39NO/c1-55(2)49-23-13-11-22-45(49)46-31-29-41(34-50(46)55)56(51-24-14-12-20-43(51)38-17-7-4-8-18-38)42-30-32-47-48-33-40-19-9-10-21-44(40)53(54(48)57-52(47)35-42)39-27-25-37(26-28-39)36-15-5-3-6-16-36/h3-35H,1-2H3. The third-order valence-corrected chi connectivity index (χ3v) is 12.1. The van der Waals surface area contributed by atoms with Crippen LogP contribution in [-0.4, -0.2) is 0 Å². The van der Waals surface area contributed by atoms with Crippen molar-refractivity contribution in [2.45, 2.75) is 19.3 Å². The first-order chi connectivity index (χ1) is 28.0. The molecular weight excluding hydrogens is 691 g/mol. The molecular formula is C55H39NO. The van der Waals surface area contributed by atoms with Crippen molar-refractivity contribution in [1.29, 1.82) is 0 Å². The Morgan fingerprint density at radius 1 is 0.404 bits per heavy atom. The molecule has 9 aromatic carbocycles. The first-order valence-electron chi connectivity index (χ1n) is 19.8. The molecule has 1 aliphatic rings. The number of benzene rings is 9. The largest absolute Gasteiger partial charge is 0.455 e. The summed E-state index contributed by atoms with van der Waals surface area (Å²) >= 11 is 0. The van der Waals surface area contributed by atoms with Crippen LogP contribution < -0.4 is 4.90 Å². The Morgan fingerprint density at radius 2 is 1.00 bits per heavy atom.